The number of hydrogen-bond donors (Lipinski definition) is 1. The molecule has 98 valence electrons. The molecule has 0 atom stereocenters. The number of nitrogens with zero attached hydrogens (tertiary/aromatic N) is 4. The Morgan fingerprint density at radius 2 is 2.00 bits per heavy atom. The van der Waals surface area contributed by atoms with Gasteiger partial charge in [0.15, 0.2) is 0 Å². The van der Waals surface area contributed by atoms with Crippen LogP contribution in [0.2, 0.25) is 0 Å². The van der Waals surface area contributed by atoms with Crippen molar-refractivity contribution in [3.8, 4) is 0 Å². The van der Waals surface area contributed by atoms with Crippen molar-refractivity contribution < 1.29 is 4.92 Å². The molecular formula is C11H17N5O2. The number of hydrogen-bond acceptors (Lipinski definition) is 6. The molecule has 0 aliphatic carbocycles. The van der Waals surface area contributed by atoms with Gasteiger partial charge < -0.3 is 10.3 Å². The van der Waals surface area contributed by atoms with Gasteiger partial charge in [0, 0.05) is 32.2 Å². The third-order valence-corrected chi connectivity index (χ3v) is 3.03. The lowest BCUT2D eigenvalue weighted by Crippen LogP contribution is -2.47. The minimum Gasteiger partial charge on any atom is -0.304 e. The molecule has 1 N–H and O–H groups in total. The first-order valence-electron chi connectivity index (χ1n) is 5.88. The van der Waals surface area contributed by atoms with Crippen LogP contribution in [0.15, 0.2) is 12.1 Å². The zero-order chi connectivity index (χ0) is 13.1. The fourth-order valence-corrected chi connectivity index (χ4v) is 1.89. The van der Waals surface area contributed by atoms with Crippen molar-refractivity contribution in [3.05, 3.63) is 27.9 Å². The summed E-state index contributed by atoms with van der Waals surface area (Å²) in [6.07, 6.45) is 0. The third kappa shape index (κ3) is 2.93. The molecule has 0 aromatic carbocycles. The van der Waals surface area contributed by atoms with Crippen LogP contribution in [0.1, 0.15) is 5.69 Å². The van der Waals surface area contributed by atoms with E-state index in [1.807, 2.05) is 0 Å². The number of pyridine rings is 1. The van der Waals surface area contributed by atoms with E-state index in [1.54, 1.807) is 13.0 Å². The number of hydrazine groups is 1. The van der Waals surface area contributed by atoms with Gasteiger partial charge in [0.25, 0.3) is 5.69 Å². The Bertz CT molecular complexity index is 443. The van der Waals surface area contributed by atoms with Crippen molar-refractivity contribution in [2.75, 3.05) is 38.7 Å². The van der Waals surface area contributed by atoms with Gasteiger partial charge in [0.05, 0.1) is 4.92 Å². The van der Waals surface area contributed by atoms with Crippen LogP contribution in [0.3, 0.4) is 0 Å². The summed E-state index contributed by atoms with van der Waals surface area (Å²) in [5.41, 5.74) is 3.67. The molecule has 1 aliphatic rings. The van der Waals surface area contributed by atoms with Gasteiger partial charge >= 0.3 is 0 Å². The highest BCUT2D eigenvalue weighted by Crippen LogP contribution is 2.18. The van der Waals surface area contributed by atoms with E-state index in [0.29, 0.717) is 11.5 Å². The van der Waals surface area contributed by atoms with E-state index in [9.17, 15) is 10.1 Å². The summed E-state index contributed by atoms with van der Waals surface area (Å²) in [5, 5.41) is 12.8. The quantitative estimate of drug-likeness (QED) is 0.634. The number of nitro groups is 1. The lowest BCUT2D eigenvalue weighted by atomic mass is 10.3. The van der Waals surface area contributed by atoms with Crippen LogP contribution in [-0.4, -0.2) is 53.0 Å². The molecule has 0 amide bonds. The van der Waals surface area contributed by atoms with Crippen molar-refractivity contribution in [1.29, 1.82) is 0 Å². The first-order chi connectivity index (χ1) is 8.56. The molecule has 2 heterocycles. The molecular weight excluding hydrogens is 234 g/mol. The van der Waals surface area contributed by atoms with Gasteiger partial charge in [-0.05, 0) is 20.0 Å². The van der Waals surface area contributed by atoms with Gasteiger partial charge in [-0.3, -0.25) is 10.1 Å². The molecule has 1 aliphatic heterocycles. The number of anilines is 1. The highest BCUT2D eigenvalue weighted by atomic mass is 16.6. The van der Waals surface area contributed by atoms with Crippen LogP contribution in [0, 0.1) is 17.0 Å². The van der Waals surface area contributed by atoms with E-state index in [2.05, 4.69) is 27.4 Å². The normalized spacial score (nSPS) is 17.7. The van der Waals surface area contributed by atoms with E-state index < -0.39 is 4.92 Å². The summed E-state index contributed by atoms with van der Waals surface area (Å²) < 4.78 is 0. The maximum absolute atomic E-state index is 10.7. The summed E-state index contributed by atoms with van der Waals surface area (Å²) in [6.45, 7) is 5.47. The van der Waals surface area contributed by atoms with E-state index >= 15 is 0 Å². The predicted octanol–water partition coefficient (Wildman–Crippen LogP) is 0.873. The van der Waals surface area contributed by atoms with Crippen LogP contribution < -0.4 is 5.43 Å². The molecule has 1 fully saturated rings. The fourth-order valence-electron chi connectivity index (χ4n) is 1.89. The highest BCUT2D eigenvalue weighted by Gasteiger charge is 2.16. The Kier molecular flexibility index (Phi) is 3.73. The maximum atomic E-state index is 10.7. The molecule has 7 heteroatoms. The Labute approximate surface area is 106 Å². The summed E-state index contributed by atoms with van der Waals surface area (Å²) >= 11 is 0. The smallest absolute Gasteiger partial charge is 0.290 e. The van der Waals surface area contributed by atoms with Crippen LogP contribution in [0.5, 0.6) is 0 Å². The van der Waals surface area contributed by atoms with E-state index in [1.165, 1.54) is 6.07 Å². The summed E-state index contributed by atoms with van der Waals surface area (Å²) in [6, 6.07) is 3.13. The van der Waals surface area contributed by atoms with E-state index in [-0.39, 0.29) is 5.69 Å². The number of nitrogens with one attached hydrogen (secondary N) is 1. The molecule has 0 saturated carbocycles. The van der Waals surface area contributed by atoms with Crippen molar-refractivity contribution in [3.63, 3.8) is 0 Å². The van der Waals surface area contributed by atoms with Gasteiger partial charge in [0.1, 0.15) is 11.5 Å². The third-order valence-electron chi connectivity index (χ3n) is 3.03. The van der Waals surface area contributed by atoms with Crippen LogP contribution in [0.4, 0.5) is 11.5 Å². The van der Waals surface area contributed by atoms with E-state index in [4.69, 9.17) is 0 Å². The first-order valence-corrected chi connectivity index (χ1v) is 5.88. The number of likely N-dealkylation sites (N-methyl/N-ethyl adjacent to an activating group) is 1. The molecule has 0 spiro atoms. The van der Waals surface area contributed by atoms with Crippen LogP contribution in [-0.2, 0) is 0 Å². The Morgan fingerprint density at radius 1 is 1.33 bits per heavy atom. The second-order valence-corrected chi connectivity index (χ2v) is 4.46. The molecule has 1 saturated heterocycles. The van der Waals surface area contributed by atoms with Crippen LogP contribution in [0.25, 0.3) is 0 Å². The first kappa shape index (κ1) is 12.7. The molecule has 2 rings (SSSR count). The minimum absolute atomic E-state index is 0.0546. The van der Waals surface area contributed by atoms with Gasteiger partial charge in [-0.1, -0.05) is 0 Å². The lowest BCUT2D eigenvalue weighted by Gasteiger charge is -2.32. The van der Waals surface area contributed by atoms with Crippen molar-refractivity contribution in [1.82, 2.24) is 14.9 Å². The second-order valence-electron chi connectivity index (χ2n) is 4.46. The summed E-state index contributed by atoms with van der Waals surface area (Å²) in [5.74, 6) is 0.655. The summed E-state index contributed by atoms with van der Waals surface area (Å²) in [7, 11) is 2.09. The molecule has 18 heavy (non-hydrogen) atoms. The van der Waals surface area contributed by atoms with Crippen molar-refractivity contribution >= 4 is 11.5 Å². The SMILES string of the molecule is Cc1nc(NN2CCN(C)CC2)ccc1[N+](=O)[O-]. The van der Waals surface area contributed by atoms with Crippen LogP contribution >= 0.6 is 0 Å². The largest absolute Gasteiger partial charge is 0.304 e. The number of piperazine rings is 1. The lowest BCUT2D eigenvalue weighted by molar-refractivity contribution is -0.385. The fraction of sp³-hybridized carbons (Fsp3) is 0.545. The molecule has 1 aromatic rings. The monoisotopic (exact) mass is 251 g/mol. The number of aryl methyl sites for hydroxylation is 1. The van der Waals surface area contributed by atoms with Gasteiger partial charge in [-0.25, -0.2) is 9.99 Å². The number of aromatic nitrogens is 1. The standard InChI is InChI=1S/C11H17N5O2/c1-9-10(16(17)18)3-4-11(12-9)13-15-7-5-14(2)6-8-15/h3-4H,5-8H2,1-2H3,(H,12,13). The van der Waals surface area contributed by atoms with Crippen molar-refractivity contribution in [2.24, 2.45) is 0 Å². The molecule has 7 nitrogen and oxygen atoms in total. The zero-order valence-corrected chi connectivity index (χ0v) is 10.6. The molecule has 0 radical (unpaired) electrons. The Hall–Kier alpha value is -1.73. The Morgan fingerprint density at radius 3 is 2.56 bits per heavy atom. The average Bonchev–Trinajstić information content (AvgIpc) is 2.32. The average molecular weight is 251 g/mol. The Balaban J connectivity index is 2.02. The summed E-state index contributed by atoms with van der Waals surface area (Å²) in [4.78, 5) is 16.7. The molecule has 0 bridgehead atoms. The maximum Gasteiger partial charge on any atom is 0.290 e. The molecule has 1 aromatic heterocycles. The van der Waals surface area contributed by atoms with Crippen molar-refractivity contribution in [2.45, 2.75) is 6.92 Å². The van der Waals surface area contributed by atoms with Gasteiger partial charge in [0.2, 0.25) is 0 Å². The van der Waals surface area contributed by atoms with Gasteiger partial charge in [-0.2, -0.15) is 0 Å². The van der Waals surface area contributed by atoms with Gasteiger partial charge in [-0.15, -0.1) is 0 Å². The number of rotatable bonds is 3. The minimum atomic E-state index is -0.415. The molecule has 0 unspecified atom stereocenters. The second kappa shape index (κ2) is 5.28. The zero-order valence-electron chi connectivity index (χ0n) is 10.6. The predicted molar refractivity (Wildman–Crippen MR) is 68.3 cm³/mol. The highest BCUT2D eigenvalue weighted by molar-refractivity contribution is 5.44. The van der Waals surface area contributed by atoms with E-state index in [0.717, 1.165) is 26.2 Å². The topological polar surface area (TPSA) is 74.5 Å².